The summed E-state index contributed by atoms with van der Waals surface area (Å²) in [6, 6.07) is 10.1. The van der Waals surface area contributed by atoms with E-state index in [0.717, 1.165) is 25.7 Å². The Morgan fingerprint density at radius 3 is 2.33 bits per heavy atom. The van der Waals surface area contributed by atoms with Gasteiger partial charge in [0.1, 0.15) is 23.7 Å². The summed E-state index contributed by atoms with van der Waals surface area (Å²) in [6.45, 7) is 6.78. The molecule has 236 valence electrons. The first-order valence-electron chi connectivity index (χ1n) is 14.7. The highest BCUT2D eigenvalue weighted by molar-refractivity contribution is 6.31. The molecular weight excluding hydrogens is 602 g/mol. The van der Waals surface area contributed by atoms with E-state index in [1.807, 2.05) is 26.8 Å². The highest BCUT2D eigenvalue weighted by Crippen LogP contribution is 2.27. The lowest BCUT2D eigenvalue weighted by atomic mass is 9.93. The van der Waals surface area contributed by atoms with Crippen LogP contribution in [0.3, 0.4) is 0 Å². The van der Waals surface area contributed by atoms with Crippen molar-refractivity contribution in [3.05, 3.63) is 58.8 Å². The van der Waals surface area contributed by atoms with E-state index < -0.39 is 11.7 Å². The quantitative estimate of drug-likeness (QED) is 0.424. The van der Waals surface area contributed by atoms with Gasteiger partial charge in [-0.15, -0.1) is 15.3 Å². The number of ether oxygens (including phenoxy) is 2. The summed E-state index contributed by atoms with van der Waals surface area (Å²) >= 11 is 6.10. The van der Waals surface area contributed by atoms with Crippen LogP contribution in [0.2, 0.25) is 5.02 Å². The maximum absolute atomic E-state index is 13.0. The molecule has 0 unspecified atom stereocenters. The van der Waals surface area contributed by atoms with Crippen LogP contribution >= 0.6 is 11.6 Å². The molecule has 14 nitrogen and oxygen atoms in total. The van der Waals surface area contributed by atoms with Crippen molar-refractivity contribution >= 4 is 29.5 Å². The number of benzene rings is 1. The van der Waals surface area contributed by atoms with Crippen LogP contribution in [0.4, 0.5) is 4.79 Å². The van der Waals surface area contributed by atoms with E-state index in [9.17, 15) is 14.4 Å². The van der Waals surface area contributed by atoms with Crippen molar-refractivity contribution in [3.8, 4) is 17.6 Å². The van der Waals surface area contributed by atoms with Gasteiger partial charge in [0, 0.05) is 38.3 Å². The van der Waals surface area contributed by atoms with Crippen molar-refractivity contribution in [1.82, 2.24) is 40.1 Å². The number of halogens is 1. The van der Waals surface area contributed by atoms with Crippen molar-refractivity contribution in [2.75, 3.05) is 26.2 Å². The van der Waals surface area contributed by atoms with E-state index in [1.165, 1.54) is 11.0 Å². The third-order valence-electron chi connectivity index (χ3n) is 7.39. The number of piperazine rings is 1. The minimum atomic E-state index is -0.591. The number of nitriles is 1. The van der Waals surface area contributed by atoms with Gasteiger partial charge in [-0.25, -0.2) is 14.5 Å². The predicted octanol–water partition coefficient (Wildman–Crippen LogP) is 3.40. The molecular formula is C30H34ClN9O5. The molecule has 1 aliphatic heterocycles. The highest BCUT2D eigenvalue weighted by atomic mass is 35.5. The molecule has 1 N–H and O–H groups in total. The third kappa shape index (κ3) is 8.04. The maximum Gasteiger partial charge on any atom is 0.410 e. The fourth-order valence-corrected chi connectivity index (χ4v) is 5.25. The van der Waals surface area contributed by atoms with Crippen LogP contribution in [0.25, 0.3) is 5.82 Å². The molecule has 45 heavy (non-hydrogen) atoms. The Balaban J connectivity index is 1.09. The molecule has 5 rings (SSSR count). The van der Waals surface area contributed by atoms with Crippen LogP contribution in [0.15, 0.2) is 36.7 Å². The van der Waals surface area contributed by atoms with E-state index in [1.54, 1.807) is 40.1 Å². The van der Waals surface area contributed by atoms with Crippen LogP contribution in [-0.4, -0.2) is 96.6 Å². The van der Waals surface area contributed by atoms with E-state index in [0.29, 0.717) is 48.3 Å². The number of hydrogen-bond acceptors (Lipinski definition) is 10. The van der Waals surface area contributed by atoms with Crippen molar-refractivity contribution in [3.63, 3.8) is 0 Å². The van der Waals surface area contributed by atoms with Gasteiger partial charge in [0.05, 0.1) is 16.7 Å². The first-order valence-corrected chi connectivity index (χ1v) is 15.1. The summed E-state index contributed by atoms with van der Waals surface area (Å²) in [5.41, 5.74) is -0.0350. The largest absolute Gasteiger partial charge is 0.490 e. The monoisotopic (exact) mass is 635 g/mol. The summed E-state index contributed by atoms with van der Waals surface area (Å²) < 4.78 is 12.7. The second kappa shape index (κ2) is 13.5. The number of aromatic nitrogens is 5. The molecule has 3 amide bonds. The Morgan fingerprint density at radius 2 is 1.71 bits per heavy atom. The zero-order valence-electron chi connectivity index (χ0n) is 25.3. The average molecular weight is 636 g/mol. The number of carbonyl (C=O) groups excluding carboxylic acids is 3. The molecule has 1 aliphatic carbocycles. The Hall–Kier alpha value is -4.77. The molecule has 0 atom stereocenters. The summed E-state index contributed by atoms with van der Waals surface area (Å²) in [7, 11) is 0. The Morgan fingerprint density at radius 1 is 1.00 bits per heavy atom. The molecule has 3 heterocycles. The second-order valence-electron chi connectivity index (χ2n) is 11.9. The van der Waals surface area contributed by atoms with Crippen LogP contribution in [0, 0.1) is 11.3 Å². The second-order valence-corrected chi connectivity index (χ2v) is 12.3. The Labute approximate surface area is 265 Å². The van der Waals surface area contributed by atoms with Crippen LogP contribution < -0.4 is 10.1 Å². The highest BCUT2D eigenvalue weighted by Gasteiger charge is 2.30. The summed E-state index contributed by atoms with van der Waals surface area (Å²) in [5.74, 6) is 0.211. The van der Waals surface area contributed by atoms with Crippen molar-refractivity contribution < 1.29 is 23.9 Å². The first-order chi connectivity index (χ1) is 21.5. The normalized spacial score (nSPS) is 18.6. The molecule has 1 saturated carbocycles. The molecule has 2 aliphatic rings. The first kappa shape index (κ1) is 31.6. The van der Waals surface area contributed by atoms with Crippen LogP contribution in [0.1, 0.15) is 73.1 Å². The molecule has 0 bridgehead atoms. The van der Waals surface area contributed by atoms with Crippen molar-refractivity contribution in [1.29, 1.82) is 5.26 Å². The van der Waals surface area contributed by atoms with Gasteiger partial charge in [-0.2, -0.15) is 5.26 Å². The van der Waals surface area contributed by atoms with Gasteiger partial charge < -0.3 is 24.6 Å². The molecule has 2 aromatic heterocycles. The van der Waals surface area contributed by atoms with E-state index >= 15 is 0 Å². The van der Waals surface area contributed by atoms with Crippen molar-refractivity contribution in [2.45, 2.75) is 64.2 Å². The zero-order valence-corrected chi connectivity index (χ0v) is 26.0. The molecule has 2 fully saturated rings. The Kier molecular flexibility index (Phi) is 9.48. The van der Waals surface area contributed by atoms with Gasteiger partial charge in [-0.3, -0.25) is 9.59 Å². The number of nitrogens with zero attached hydrogens (tertiary/aromatic N) is 8. The molecule has 1 saturated heterocycles. The standard InChI is InChI=1S/C30H34ClN9O5/c1-30(2,3)45-29(43)39-14-12-38(13-15-39)28(42)26-33-18-40(37-26)25-11-10-24(35-36-25)27(41)34-20-5-8-21(9-6-20)44-22-7-4-19(17-32)23(31)16-22/h4,7,10-11,16,18,20-21H,5-6,8-9,12-15H2,1-3H3,(H,34,41). The fraction of sp³-hybridized carbons (Fsp3) is 0.467. The van der Waals surface area contributed by atoms with Crippen LogP contribution in [-0.2, 0) is 4.74 Å². The minimum Gasteiger partial charge on any atom is -0.490 e. The van der Waals surface area contributed by atoms with E-state index in [-0.39, 0.29) is 35.5 Å². The van der Waals surface area contributed by atoms with Gasteiger partial charge in [0.2, 0.25) is 5.82 Å². The summed E-state index contributed by atoms with van der Waals surface area (Å²) in [4.78, 5) is 45.4. The predicted molar refractivity (Wildman–Crippen MR) is 161 cm³/mol. The summed E-state index contributed by atoms with van der Waals surface area (Å²) in [6.07, 6.45) is 3.91. The number of rotatable bonds is 6. The van der Waals surface area contributed by atoms with Crippen molar-refractivity contribution in [2.24, 2.45) is 0 Å². The molecule has 3 aromatic rings. The molecule has 15 heteroatoms. The third-order valence-corrected chi connectivity index (χ3v) is 7.71. The number of hydrogen-bond donors (Lipinski definition) is 1. The lowest BCUT2D eigenvalue weighted by Crippen LogP contribution is -2.51. The average Bonchev–Trinajstić information content (AvgIpc) is 3.52. The Bertz CT molecular complexity index is 1580. The van der Waals surface area contributed by atoms with Gasteiger partial charge in [0.25, 0.3) is 11.8 Å². The number of carbonyl (C=O) groups is 3. The summed E-state index contributed by atoms with van der Waals surface area (Å²) in [5, 5.41) is 24.8. The number of nitrogens with one attached hydrogen (secondary N) is 1. The SMILES string of the molecule is CC(C)(C)OC(=O)N1CCN(C(=O)c2ncn(-c3ccc(C(=O)NC4CCC(Oc5ccc(C#N)c(Cl)c5)CC4)nn3)n2)CC1. The van der Waals surface area contributed by atoms with E-state index in [4.69, 9.17) is 26.3 Å². The van der Waals surface area contributed by atoms with E-state index in [2.05, 4.69) is 25.6 Å². The van der Waals surface area contributed by atoms with Gasteiger partial charge in [-0.05, 0) is 70.7 Å². The fourth-order valence-electron chi connectivity index (χ4n) is 5.04. The smallest absolute Gasteiger partial charge is 0.410 e. The maximum atomic E-state index is 13.0. The van der Waals surface area contributed by atoms with Crippen LogP contribution in [0.5, 0.6) is 5.75 Å². The lowest BCUT2D eigenvalue weighted by molar-refractivity contribution is 0.0139. The molecule has 0 spiro atoms. The molecule has 0 radical (unpaired) electrons. The zero-order chi connectivity index (χ0) is 32.1. The van der Waals surface area contributed by atoms with Gasteiger partial charge >= 0.3 is 6.09 Å². The number of amides is 3. The molecule has 1 aromatic carbocycles. The topological polar surface area (TPSA) is 168 Å². The van der Waals surface area contributed by atoms with Gasteiger partial charge in [-0.1, -0.05) is 11.6 Å². The minimum absolute atomic E-state index is 0.00815. The lowest BCUT2D eigenvalue weighted by Gasteiger charge is -2.35. The van der Waals surface area contributed by atoms with Gasteiger partial charge in [0.15, 0.2) is 11.5 Å².